The van der Waals surface area contributed by atoms with Gasteiger partial charge in [0.1, 0.15) is 0 Å². The normalized spacial score (nSPS) is 21.5. The highest BCUT2D eigenvalue weighted by molar-refractivity contribution is 6.30. The number of carbonyl (C=O) groups excluding carboxylic acids is 1. The van der Waals surface area contributed by atoms with E-state index in [9.17, 15) is 9.90 Å². The number of rotatable bonds is 5. The first-order chi connectivity index (χ1) is 11.0. The van der Waals surface area contributed by atoms with E-state index in [1.165, 1.54) is 0 Å². The lowest BCUT2D eigenvalue weighted by molar-refractivity contribution is -0.122. The summed E-state index contributed by atoms with van der Waals surface area (Å²) in [5.74, 6) is 0.214. The van der Waals surface area contributed by atoms with Gasteiger partial charge in [0.15, 0.2) is 0 Å². The lowest BCUT2D eigenvalue weighted by Gasteiger charge is -2.37. The predicted octanol–water partition coefficient (Wildman–Crippen LogP) is 2.24. The molecule has 1 aromatic heterocycles. The Hall–Kier alpha value is -1.85. The number of amides is 1. The molecule has 1 aliphatic carbocycles. The first-order valence-electron chi connectivity index (χ1n) is 7.71. The molecule has 5 nitrogen and oxygen atoms in total. The maximum absolute atomic E-state index is 12.4. The van der Waals surface area contributed by atoms with E-state index in [1.807, 2.05) is 25.4 Å². The number of aromatic nitrogens is 2. The number of aliphatic hydroxyl groups is 1. The van der Waals surface area contributed by atoms with Crippen LogP contribution in [0.2, 0.25) is 5.02 Å². The van der Waals surface area contributed by atoms with E-state index in [-0.39, 0.29) is 24.0 Å². The van der Waals surface area contributed by atoms with Gasteiger partial charge in [-0.25, -0.2) is 0 Å². The lowest BCUT2D eigenvalue weighted by atomic mass is 9.75. The maximum atomic E-state index is 12.4. The molecule has 1 unspecified atom stereocenters. The summed E-state index contributed by atoms with van der Waals surface area (Å²) in [6, 6.07) is 7.17. The van der Waals surface area contributed by atoms with E-state index in [4.69, 9.17) is 11.6 Å². The van der Waals surface area contributed by atoms with Crippen molar-refractivity contribution in [1.82, 2.24) is 15.1 Å². The zero-order chi connectivity index (χ0) is 16.4. The molecule has 23 heavy (non-hydrogen) atoms. The quantitative estimate of drug-likeness (QED) is 0.882. The molecule has 0 aliphatic heterocycles. The Kier molecular flexibility index (Phi) is 4.68. The summed E-state index contributed by atoms with van der Waals surface area (Å²) in [6.07, 6.45) is 5.16. The SMILES string of the molecule is Cn1cc(C(NC(=O)Cc2ccc(Cl)cc2)C2CC(O)C2)cn1. The van der Waals surface area contributed by atoms with Gasteiger partial charge in [-0.05, 0) is 36.5 Å². The first-order valence-corrected chi connectivity index (χ1v) is 8.09. The van der Waals surface area contributed by atoms with Gasteiger partial charge in [-0.15, -0.1) is 0 Å². The van der Waals surface area contributed by atoms with Crippen molar-refractivity contribution in [2.45, 2.75) is 31.4 Å². The number of halogens is 1. The molecule has 0 spiro atoms. The average Bonchev–Trinajstić information content (AvgIpc) is 2.91. The molecule has 1 amide bonds. The highest BCUT2D eigenvalue weighted by Gasteiger charge is 2.36. The number of aliphatic hydroxyl groups excluding tert-OH is 1. The summed E-state index contributed by atoms with van der Waals surface area (Å²) in [5, 5.41) is 17.5. The van der Waals surface area contributed by atoms with E-state index in [1.54, 1.807) is 23.0 Å². The van der Waals surface area contributed by atoms with Gasteiger partial charge < -0.3 is 10.4 Å². The van der Waals surface area contributed by atoms with Crippen LogP contribution in [-0.2, 0) is 18.3 Å². The molecule has 1 heterocycles. The summed E-state index contributed by atoms with van der Waals surface area (Å²) in [5.41, 5.74) is 1.90. The molecule has 3 rings (SSSR count). The van der Waals surface area contributed by atoms with Crippen LogP contribution in [0.3, 0.4) is 0 Å². The van der Waals surface area contributed by atoms with Gasteiger partial charge in [0, 0.05) is 23.8 Å². The van der Waals surface area contributed by atoms with Gasteiger partial charge in [0.05, 0.1) is 24.8 Å². The van der Waals surface area contributed by atoms with Gasteiger partial charge >= 0.3 is 0 Å². The van der Waals surface area contributed by atoms with Crippen molar-refractivity contribution in [3.8, 4) is 0 Å². The van der Waals surface area contributed by atoms with Crippen molar-refractivity contribution in [2.24, 2.45) is 13.0 Å². The van der Waals surface area contributed by atoms with E-state index < -0.39 is 0 Å². The second-order valence-corrected chi connectivity index (χ2v) is 6.62. The summed E-state index contributed by atoms with van der Waals surface area (Å²) in [6.45, 7) is 0. The van der Waals surface area contributed by atoms with Gasteiger partial charge in [-0.1, -0.05) is 23.7 Å². The molecule has 2 N–H and O–H groups in total. The van der Waals surface area contributed by atoms with E-state index in [2.05, 4.69) is 10.4 Å². The van der Waals surface area contributed by atoms with Crippen LogP contribution in [0.5, 0.6) is 0 Å². The smallest absolute Gasteiger partial charge is 0.224 e. The zero-order valence-corrected chi connectivity index (χ0v) is 13.7. The van der Waals surface area contributed by atoms with Crippen LogP contribution in [0.4, 0.5) is 0 Å². The number of hydrogen-bond donors (Lipinski definition) is 2. The Morgan fingerprint density at radius 2 is 2.13 bits per heavy atom. The molecule has 1 aliphatic rings. The highest BCUT2D eigenvalue weighted by atomic mass is 35.5. The molecular weight excluding hydrogens is 314 g/mol. The van der Waals surface area contributed by atoms with Crippen LogP contribution in [0, 0.1) is 5.92 Å². The molecule has 2 aromatic rings. The van der Waals surface area contributed by atoms with Crippen LogP contribution in [0.1, 0.15) is 30.0 Å². The number of aryl methyl sites for hydroxylation is 1. The van der Waals surface area contributed by atoms with Crippen LogP contribution in [0.25, 0.3) is 0 Å². The van der Waals surface area contributed by atoms with Crippen LogP contribution < -0.4 is 5.32 Å². The number of hydrogen-bond acceptors (Lipinski definition) is 3. The topological polar surface area (TPSA) is 67.2 Å². The summed E-state index contributed by atoms with van der Waals surface area (Å²) < 4.78 is 1.72. The third-order valence-electron chi connectivity index (χ3n) is 4.30. The number of benzene rings is 1. The molecule has 1 atom stereocenters. The van der Waals surface area contributed by atoms with E-state index in [0.717, 1.165) is 11.1 Å². The Labute approximate surface area is 140 Å². The maximum Gasteiger partial charge on any atom is 0.224 e. The molecule has 1 fully saturated rings. The fraction of sp³-hybridized carbons (Fsp3) is 0.412. The van der Waals surface area contributed by atoms with Gasteiger partial charge in [0.2, 0.25) is 5.91 Å². The fourth-order valence-corrected chi connectivity index (χ4v) is 3.11. The minimum Gasteiger partial charge on any atom is -0.393 e. The number of nitrogens with one attached hydrogen (secondary N) is 1. The average molecular weight is 334 g/mol. The number of carbonyl (C=O) groups is 1. The molecule has 0 bridgehead atoms. The Morgan fingerprint density at radius 1 is 1.43 bits per heavy atom. The fourth-order valence-electron chi connectivity index (χ4n) is 2.99. The Bertz CT molecular complexity index is 677. The van der Waals surface area contributed by atoms with E-state index >= 15 is 0 Å². The highest BCUT2D eigenvalue weighted by Crippen LogP contribution is 2.37. The lowest BCUT2D eigenvalue weighted by Crippen LogP contribution is -2.41. The van der Waals surface area contributed by atoms with Crippen molar-refractivity contribution in [2.75, 3.05) is 0 Å². The van der Waals surface area contributed by atoms with Crippen molar-refractivity contribution in [3.05, 3.63) is 52.8 Å². The van der Waals surface area contributed by atoms with Crippen molar-refractivity contribution >= 4 is 17.5 Å². The van der Waals surface area contributed by atoms with Crippen molar-refractivity contribution in [3.63, 3.8) is 0 Å². The molecule has 0 radical (unpaired) electrons. The van der Waals surface area contributed by atoms with Gasteiger partial charge in [-0.2, -0.15) is 5.10 Å². The predicted molar refractivity (Wildman–Crippen MR) is 88.0 cm³/mol. The minimum absolute atomic E-state index is 0.0393. The summed E-state index contributed by atoms with van der Waals surface area (Å²) in [7, 11) is 1.85. The van der Waals surface area contributed by atoms with E-state index in [0.29, 0.717) is 24.3 Å². The first kappa shape index (κ1) is 16.0. The Balaban J connectivity index is 1.68. The molecule has 1 saturated carbocycles. The minimum atomic E-state index is -0.257. The third-order valence-corrected chi connectivity index (χ3v) is 4.55. The van der Waals surface area contributed by atoms with Gasteiger partial charge in [-0.3, -0.25) is 9.48 Å². The molecule has 1 aromatic carbocycles. The van der Waals surface area contributed by atoms with Crippen LogP contribution in [-0.4, -0.2) is 26.9 Å². The largest absolute Gasteiger partial charge is 0.393 e. The van der Waals surface area contributed by atoms with Crippen molar-refractivity contribution in [1.29, 1.82) is 0 Å². The van der Waals surface area contributed by atoms with Crippen LogP contribution >= 0.6 is 11.6 Å². The third kappa shape index (κ3) is 3.92. The standard InChI is InChI=1S/C17H20ClN3O2/c1-21-10-13(9-19-21)17(12-7-15(22)8-12)20-16(23)6-11-2-4-14(18)5-3-11/h2-5,9-10,12,15,17,22H,6-8H2,1H3,(H,20,23). The van der Waals surface area contributed by atoms with Crippen LogP contribution in [0.15, 0.2) is 36.7 Å². The molecule has 122 valence electrons. The summed E-state index contributed by atoms with van der Waals surface area (Å²) in [4.78, 5) is 12.4. The molecular formula is C17H20ClN3O2. The molecule has 0 saturated heterocycles. The van der Waals surface area contributed by atoms with Gasteiger partial charge in [0.25, 0.3) is 0 Å². The van der Waals surface area contributed by atoms with Crippen molar-refractivity contribution < 1.29 is 9.90 Å². The number of nitrogens with zero attached hydrogens (tertiary/aromatic N) is 2. The Morgan fingerprint density at radius 3 is 2.70 bits per heavy atom. The summed E-state index contributed by atoms with van der Waals surface area (Å²) >= 11 is 5.86. The second-order valence-electron chi connectivity index (χ2n) is 6.18. The monoisotopic (exact) mass is 333 g/mol. The zero-order valence-electron chi connectivity index (χ0n) is 12.9. The molecule has 6 heteroatoms. The second kappa shape index (κ2) is 6.72.